The van der Waals surface area contributed by atoms with E-state index in [1.165, 1.54) is 6.08 Å². The first-order chi connectivity index (χ1) is 15.4. The molecule has 2 N–H and O–H groups in total. The number of fused-ring (bicyclic) bond motifs is 1. The van der Waals surface area contributed by atoms with Crippen molar-refractivity contribution in [3.8, 4) is 17.2 Å². The molecular formula is C21H16N2O8S. The minimum Gasteiger partial charge on any atom is -0.481 e. The molecule has 2 heterocycles. The van der Waals surface area contributed by atoms with E-state index in [1.54, 1.807) is 42.5 Å². The zero-order chi connectivity index (χ0) is 22.7. The number of anilines is 1. The smallest absolute Gasteiger partial charge is 0.341 e. The van der Waals surface area contributed by atoms with E-state index < -0.39 is 36.2 Å². The molecule has 0 unspecified atom stereocenters. The lowest BCUT2D eigenvalue weighted by Crippen LogP contribution is -2.36. The Labute approximate surface area is 185 Å². The molecule has 2 aliphatic rings. The van der Waals surface area contributed by atoms with Crippen molar-refractivity contribution in [2.24, 2.45) is 0 Å². The van der Waals surface area contributed by atoms with Crippen LogP contribution in [0.25, 0.3) is 6.08 Å². The van der Waals surface area contributed by atoms with Crippen molar-refractivity contribution in [1.29, 1.82) is 0 Å². The van der Waals surface area contributed by atoms with Gasteiger partial charge in [-0.2, -0.15) is 0 Å². The third kappa shape index (κ3) is 4.67. The zero-order valence-corrected chi connectivity index (χ0v) is 17.2. The van der Waals surface area contributed by atoms with Gasteiger partial charge in [0, 0.05) is 17.3 Å². The summed E-state index contributed by atoms with van der Waals surface area (Å²) >= 11 is 0.684. The standard InChI is InChI=1S/C21H16N2O8S/c24-18(22-13-5-6-15-16(8-13)31-11-30-15)9-23-20(27)17(32-21(23)28)7-12-3-1-2-4-14(12)29-10-19(25)26/h1-8H,9-11H2,(H,22,24)(H,25,26)/b17-7+. The highest BCUT2D eigenvalue weighted by Crippen LogP contribution is 2.35. The first kappa shape index (κ1) is 21.2. The molecule has 32 heavy (non-hydrogen) atoms. The fraction of sp³-hybridized carbons (Fsp3) is 0.143. The maximum atomic E-state index is 12.7. The van der Waals surface area contributed by atoms with Crippen LogP contribution in [-0.2, 0) is 14.4 Å². The van der Waals surface area contributed by atoms with Crippen molar-refractivity contribution in [2.75, 3.05) is 25.3 Å². The maximum absolute atomic E-state index is 12.7. The summed E-state index contributed by atoms with van der Waals surface area (Å²) in [4.78, 5) is 49.1. The van der Waals surface area contributed by atoms with Gasteiger partial charge in [-0.1, -0.05) is 18.2 Å². The molecule has 2 aromatic carbocycles. The lowest BCUT2D eigenvalue weighted by atomic mass is 10.2. The highest BCUT2D eigenvalue weighted by Gasteiger charge is 2.36. The monoisotopic (exact) mass is 456 g/mol. The molecule has 2 aromatic rings. The number of thioether (sulfide) groups is 1. The second kappa shape index (κ2) is 9.02. The number of carbonyl (C=O) groups excluding carboxylic acids is 3. The Hall–Kier alpha value is -3.99. The first-order valence-electron chi connectivity index (χ1n) is 9.29. The van der Waals surface area contributed by atoms with E-state index in [1.807, 2.05) is 0 Å². The van der Waals surface area contributed by atoms with Crippen molar-refractivity contribution in [3.05, 3.63) is 52.9 Å². The van der Waals surface area contributed by atoms with Crippen molar-refractivity contribution >= 4 is 46.5 Å². The predicted octanol–water partition coefficient (Wildman–Crippen LogP) is 2.55. The summed E-state index contributed by atoms with van der Waals surface area (Å²) in [5, 5.41) is 10.8. The molecule has 164 valence electrons. The highest BCUT2D eigenvalue weighted by atomic mass is 32.2. The highest BCUT2D eigenvalue weighted by molar-refractivity contribution is 8.18. The zero-order valence-electron chi connectivity index (χ0n) is 16.4. The maximum Gasteiger partial charge on any atom is 0.341 e. The molecule has 10 nitrogen and oxygen atoms in total. The number of rotatable bonds is 7. The SMILES string of the molecule is O=C(O)COc1ccccc1/C=C1/SC(=O)N(CC(=O)Nc2ccc3c(c2)OCO3)C1=O. The molecule has 3 amide bonds. The molecule has 0 aliphatic carbocycles. The van der Waals surface area contributed by atoms with Crippen LogP contribution in [0, 0.1) is 0 Å². The molecule has 0 atom stereocenters. The fourth-order valence-electron chi connectivity index (χ4n) is 2.97. The number of aliphatic carboxylic acids is 1. The van der Waals surface area contributed by atoms with Crippen LogP contribution in [0.2, 0.25) is 0 Å². The summed E-state index contributed by atoms with van der Waals surface area (Å²) in [5.74, 6) is -1.03. The fourth-order valence-corrected chi connectivity index (χ4v) is 3.80. The van der Waals surface area contributed by atoms with E-state index >= 15 is 0 Å². The molecular weight excluding hydrogens is 440 g/mol. The average molecular weight is 456 g/mol. The Morgan fingerprint density at radius 3 is 2.75 bits per heavy atom. The minimum absolute atomic E-state index is 0.0947. The van der Waals surface area contributed by atoms with Crippen molar-refractivity contribution in [2.45, 2.75) is 0 Å². The van der Waals surface area contributed by atoms with Gasteiger partial charge in [0.1, 0.15) is 12.3 Å². The van der Waals surface area contributed by atoms with Gasteiger partial charge in [-0.15, -0.1) is 0 Å². The van der Waals surface area contributed by atoms with Crippen molar-refractivity contribution in [1.82, 2.24) is 4.90 Å². The number of carbonyl (C=O) groups is 4. The number of hydrogen-bond donors (Lipinski definition) is 2. The van der Waals surface area contributed by atoms with E-state index in [2.05, 4.69) is 5.32 Å². The lowest BCUT2D eigenvalue weighted by molar-refractivity contribution is -0.139. The molecule has 0 bridgehead atoms. The Bertz CT molecular complexity index is 1150. The summed E-state index contributed by atoms with van der Waals surface area (Å²) in [5.41, 5.74) is 0.871. The molecule has 0 saturated carbocycles. The van der Waals surface area contributed by atoms with Crippen LogP contribution in [0.3, 0.4) is 0 Å². The normalized spacial score (nSPS) is 15.9. The number of nitrogens with one attached hydrogen (secondary N) is 1. The van der Waals surface area contributed by atoms with Crippen LogP contribution in [0.15, 0.2) is 47.4 Å². The third-order valence-corrected chi connectivity index (χ3v) is 5.30. The molecule has 4 rings (SSSR count). The van der Waals surface area contributed by atoms with Crippen LogP contribution in [0.5, 0.6) is 17.2 Å². The number of amides is 3. The average Bonchev–Trinajstić information content (AvgIpc) is 3.32. The molecule has 1 fully saturated rings. The van der Waals surface area contributed by atoms with Gasteiger partial charge in [0.15, 0.2) is 18.1 Å². The molecule has 11 heteroatoms. The Morgan fingerprint density at radius 2 is 1.94 bits per heavy atom. The Balaban J connectivity index is 1.44. The lowest BCUT2D eigenvalue weighted by Gasteiger charge is -2.12. The Morgan fingerprint density at radius 1 is 1.16 bits per heavy atom. The van der Waals surface area contributed by atoms with Gasteiger partial charge in [0.05, 0.1) is 4.91 Å². The van der Waals surface area contributed by atoms with Crippen LogP contribution in [-0.4, -0.2) is 53.0 Å². The van der Waals surface area contributed by atoms with E-state index in [9.17, 15) is 19.2 Å². The van der Waals surface area contributed by atoms with E-state index in [-0.39, 0.29) is 17.4 Å². The molecule has 1 saturated heterocycles. The van der Waals surface area contributed by atoms with Crippen LogP contribution < -0.4 is 19.5 Å². The van der Waals surface area contributed by atoms with E-state index in [4.69, 9.17) is 19.3 Å². The third-order valence-electron chi connectivity index (χ3n) is 4.39. The van der Waals surface area contributed by atoms with Crippen LogP contribution in [0.4, 0.5) is 10.5 Å². The van der Waals surface area contributed by atoms with Crippen molar-refractivity contribution < 1.29 is 38.5 Å². The van der Waals surface area contributed by atoms with Crippen LogP contribution in [0.1, 0.15) is 5.56 Å². The molecule has 0 radical (unpaired) electrons. The van der Waals surface area contributed by atoms with Gasteiger partial charge < -0.3 is 24.6 Å². The predicted molar refractivity (Wildman–Crippen MR) is 113 cm³/mol. The molecule has 2 aliphatic heterocycles. The second-order valence-corrected chi connectivity index (χ2v) is 7.60. The first-order valence-corrected chi connectivity index (χ1v) is 10.1. The number of ether oxygens (including phenoxy) is 3. The second-order valence-electron chi connectivity index (χ2n) is 6.60. The number of benzene rings is 2. The summed E-state index contributed by atoms with van der Waals surface area (Å²) in [6, 6.07) is 11.4. The summed E-state index contributed by atoms with van der Waals surface area (Å²) in [7, 11) is 0. The Kier molecular flexibility index (Phi) is 5.99. The van der Waals surface area contributed by atoms with Gasteiger partial charge >= 0.3 is 5.97 Å². The number of imide groups is 1. The van der Waals surface area contributed by atoms with Gasteiger partial charge in [-0.05, 0) is 36.0 Å². The van der Waals surface area contributed by atoms with Gasteiger partial charge in [0.25, 0.3) is 11.1 Å². The van der Waals surface area contributed by atoms with Gasteiger partial charge in [-0.3, -0.25) is 19.3 Å². The molecule has 0 aromatic heterocycles. The topological polar surface area (TPSA) is 131 Å². The van der Waals surface area contributed by atoms with E-state index in [0.717, 1.165) is 4.90 Å². The molecule has 0 spiro atoms. The summed E-state index contributed by atoms with van der Waals surface area (Å²) < 4.78 is 15.7. The van der Waals surface area contributed by atoms with Gasteiger partial charge in [0.2, 0.25) is 12.7 Å². The quantitative estimate of drug-likeness (QED) is 0.603. The van der Waals surface area contributed by atoms with Gasteiger partial charge in [-0.25, -0.2) is 4.79 Å². The summed E-state index contributed by atoms with van der Waals surface area (Å²) in [6.07, 6.45) is 1.43. The van der Waals surface area contributed by atoms with Crippen molar-refractivity contribution in [3.63, 3.8) is 0 Å². The number of carboxylic acid groups (broad SMARTS) is 1. The van der Waals surface area contributed by atoms with E-state index in [0.29, 0.717) is 34.5 Å². The number of para-hydroxylation sites is 1. The minimum atomic E-state index is -1.14. The summed E-state index contributed by atoms with van der Waals surface area (Å²) in [6.45, 7) is -0.916. The number of hydrogen-bond acceptors (Lipinski definition) is 8. The van der Waals surface area contributed by atoms with Crippen LogP contribution >= 0.6 is 11.8 Å². The largest absolute Gasteiger partial charge is 0.481 e. The number of nitrogens with zero attached hydrogens (tertiary/aromatic N) is 1. The number of carboxylic acids is 1.